The quantitative estimate of drug-likeness (QED) is 0.810. The van der Waals surface area contributed by atoms with Gasteiger partial charge in [0.2, 0.25) is 0 Å². The van der Waals surface area contributed by atoms with E-state index in [1.807, 2.05) is 13.0 Å². The molecule has 4 heteroatoms. The van der Waals surface area contributed by atoms with Gasteiger partial charge in [-0.15, -0.1) is 0 Å². The van der Waals surface area contributed by atoms with Crippen LogP contribution in [0.2, 0.25) is 5.15 Å². The van der Waals surface area contributed by atoms with Crippen LogP contribution < -0.4 is 5.32 Å². The van der Waals surface area contributed by atoms with Crippen molar-refractivity contribution in [2.24, 2.45) is 5.41 Å². The van der Waals surface area contributed by atoms with E-state index in [0.717, 1.165) is 24.2 Å². The maximum absolute atomic E-state index is 8.60. The van der Waals surface area contributed by atoms with Gasteiger partial charge in [0.25, 0.3) is 0 Å². The molecule has 0 amide bonds. The first kappa shape index (κ1) is 13.8. The molecule has 0 saturated heterocycles. The molecular weight excluding hydrogens is 234 g/mol. The predicted molar refractivity (Wildman–Crippen MR) is 71.1 cm³/mol. The van der Waals surface area contributed by atoms with Gasteiger partial charge in [-0.05, 0) is 30.4 Å². The standard InChI is InChI=1S/C13H18ClN3/c1-10-5-8-16-12(14)11(10)17-9-13(2,3)6-4-7-15/h5,8,17H,4,6,9H2,1-3H3. The summed E-state index contributed by atoms with van der Waals surface area (Å²) in [7, 11) is 0. The molecule has 3 nitrogen and oxygen atoms in total. The Hall–Kier alpha value is -1.27. The van der Waals surface area contributed by atoms with Crippen molar-refractivity contribution in [3.63, 3.8) is 0 Å². The van der Waals surface area contributed by atoms with E-state index >= 15 is 0 Å². The molecule has 1 aromatic rings. The van der Waals surface area contributed by atoms with Gasteiger partial charge < -0.3 is 5.32 Å². The zero-order valence-corrected chi connectivity index (χ0v) is 11.3. The van der Waals surface area contributed by atoms with Crippen LogP contribution >= 0.6 is 11.6 Å². The van der Waals surface area contributed by atoms with Gasteiger partial charge in [0.1, 0.15) is 0 Å². The first-order chi connectivity index (χ1) is 7.96. The van der Waals surface area contributed by atoms with Crippen LogP contribution in [0.15, 0.2) is 12.3 Å². The predicted octanol–water partition coefficient (Wildman–Crippen LogP) is 3.79. The molecule has 1 heterocycles. The summed E-state index contributed by atoms with van der Waals surface area (Å²) in [6.07, 6.45) is 3.14. The topological polar surface area (TPSA) is 48.7 Å². The highest BCUT2D eigenvalue weighted by molar-refractivity contribution is 6.32. The van der Waals surface area contributed by atoms with Crippen molar-refractivity contribution in [2.45, 2.75) is 33.6 Å². The van der Waals surface area contributed by atoms with Gasteiger partial charge in [-0.1, -0.05) is 25.4 Å². The van der Waals surface area contributed by atoms with Gasteiger partial charge in [-0.25, -0.2) is 4.98 Å². The first-order valence-corrected chi connectivity index (χ1v) is 6.06. The van der Waals surface area contributed by atoms with Gasteiger partial charge in [0, 0.05) is 19.2 Å². The third-order valence-electron chi connectivity index (χ3n) is 2.77. The van der Waals surface area contributed by atoms with E-state index in [0.29, 0.717) is 11.6 Å². The third kappa shape index (κ3) is 4.24. The van der Waals surface area contributed by atoms with Crippen molar-refractivity contribution in [2.75, 3.05) is 11.9 Å². The molecule has 0 unspecified atom stereocenters. The van der Waals surface area contributed by atoms with Crippen molar-refractivity contribution >= 4 is 17.3 Å². The summed E-state index contributed by atoms with van der Waals surface area (Å²) in [5, 5.41) is 12.4. The molecule has 0 fully saturated rings. The summed E-state index contributed by atoms with van der Waals surface area (Å²) in [4.78, 5) is 4.05. The van der Waals surface area contributed by atoms with Crippen LogP contribution in [-0.4, -0.2) is 11.5 Å². The van der Waals surface area contributed by atoms with E-state index in [1.54, 1.807) is 6.20 Å². The summed E-state index contributed by atoms with van der Waals surface area (Å²) in [6, 6.07) is 4.11. The van der Waals surface area contributed by atoms with E-state index in [2.05, 4.69) is 30.2 Å². The highest BCUT2D eigenvalue weighted by Crippen LogP contribution is 2.27. The summed E-state index contributed by atoms with van der Waals surface area (Å²) in [5.74, 6) is 0. The second-order valence-electron chi connectivity index (χ2n) is 4.97. The zero-order chi connectivity index (χ0) is 12.9. The molecule has 0 spiro atoms. The average Bonchev–Trinajstić information content (AvgIpc) is 2.26. The molecule has 1 rings (SSSR count). The fraction of sp³-hybridized carbons (Fsp3) is 0.538. The van der Waals surface area contributed by atoms with E-state index in [9.17, 15) is 0 Å². The SMILES string of the molecule is Cc1ccnc(Cl)c1NCC(C)(C)CCC#N. The van der Waals surface area contributed by atoms with Gasteiger partial charge in [0.15, 0.2) is 5.15 Å². The Morgan fingerprint density at radius 3 is 2.82 bits per heavy atom. The molecule has 0 aliphatic carbocycles. The fourth-order valence-corrected chi connectivity index (χ4v) is 1.82. The Kier molecular flexibility index (Phi) is 4.77. The molecule has 0 saturated carbocycles. The number of nitrogens with zero attached hydrogens (tertiary/aromatic N) is 2. The Balaban J connectivity index is 2.64. The summed E-state index contributed by atoms with van der Waals surface area (Å²) in [6.45, 7) is 7.05. The number of halogens is 1. The normalized spacial score (nSPS) is 11.0. The molecule has 0 radical (unpaired) electrons. The summed E-state index contributed by atoms with van der Waals surface area (Å²) < 4.78 is 0. The monoisotopic (exact) mass is 251 g/mol. The Labute approximate surface area is 108 Å². The molecule has 0 aliphatic heterocycles. The number of hydrogen-bond acceptors (Lipinski definition) is 3. The number of aryl methyl sites for hydroxylation is 1. The van der Waals surface area contributed by atoms with Gasteiger partial charge >= 0.3 is 0 Å². The molecular formula is C13H18ClN3. The van der Waals surface area contributed by atoms with Crippen molar-refractivity contribution in [3.8, 4) is 6.07 Å². The molecule has 1 N–H and O–H groups in total. The molecule has 1 aromatic heterocycles. The minimum Gasteiger partial charge on any atom is -0.382 e. The van der Waals surface area contributed by atoms with Crippen molar-refractivity contribution in [1.82, 2.24) is 4.98 Å². The molecule has 0 aliphatic rings. The van der Waals surface area contributed by atoms with Crippen molar-refractivity contribution in [1.29, 1.82) is 5.26 Å². The van der Waals surface area contributed by atoms with Gasteiger partial charge in [-0.2, -0.15) is 5.26 Å². The van der Waals surface area contributed by atoms with E-state index < -0.39 is 0 Å². The van der Waals surface area contributed by atoms with Crippen LogP contribution in [0.1, 0.15) is 32.3 Å². The number of anilines is 1. The number of hydrogen-bond donors (Lipinski definition) is 1. The molecule has 0 bridgehead atoms. The lowest BCUT2D eigenvalue weighted by Crippen LogP contribution is -2.23. The van der Waals surface area contributed by atoms with Crippen LogP contribution in [0.4, 0.5) is 5.69 Å². The highest BCUT2D eigenvalue weighted by atomic mass is 35.5. The number of nitrogens with one attached hydrogen (secondary N) is 1. The van der Waals surface area contributed by atoms with Crippen LogP contribution in [0.5, 0.6) is 0 Å². The Morgan fingerprint density at radius 1 is 1.53 bits per heavy atom. The largest absolute Gasteiger partial charge is 0.382 e. The highest BCUT2D eigenvalue weighted by Gasteiger charge is 2.18. The van der Waals surface area contributed by atoms with Crippen LogP contribution in [-0.2, 0) is 0 Å². The number of nitriles is 1. The van der Waals surface area contributed by atoms with Crippen molar-refractivity contribution in [3.05, 3.63) is 23.0 Å². The van der Waals surface area contributed by atoms with Gasteiger partial charge in [-0.3, -0.25) is 0 Å². The average molecular weight is 252 g/mol. The molecule has 17 heavy (non-hydrogen) atoms. The zero-order valence-electron chi connectivity index (χ0n) is 10.5. The summed E-state index contributed by atoms with van der Waals surface area (Å²) in [5.41, 5.74) is 2.04. The number of aromatic nitrogens is 1. The Morgan fingerprint density at radius 2 is 2.24 bits per heavy atom. The Bertz CT molecular complexity index is 401. The van der Waals surface area contributed by atoms with Gasteiger partial charge in [0.05, 0.1) is 11.8 Å². The lowest BCUT2D eigenvalue weighted by Gasteiger charge is -2.25. The van der Waals surface area contributed by atoms with E-state index in [1.165, 1.54) is 0 Å². The lowest BCUT2D eigenvalue weighted by atomic mass is 9.88. The van der Waals surface area contributed by atoms with Crippen molar-refractivity contribution < 1.29 is 0 Å². The number of rotatable bonds is 5. The van der Waals surface area contributed by atoms with Crippen LogP contribution in [0, 0.1) is 23.7 Å². The van der Waals surface area contributed by atoms with Crippen LogP contribution in [0.3, 0.4) is 0 Å². The smallest absolute Gasteiger partial charge is 0.152 e. The van der Waals surface area contributed by atoms with E-state index in [-0.39, 0.29) is 5.41 Å². The van der Waals surface area contributed by atoms with E-state index in [4.69, 9.17) is 16.9 Å². The molecule has 0 atom stereocenters. The third-order valence-corrected chi connectivity index (χ3v) is 3.06. The fourth-order valence-electron chi connectivity index (χ4n) is 1.55. The lowest BCUT2D eigenvalue weighted by molar-refractivity contribution is 0.363. The second kappa shape index (κ2) is 5.88. The maximum atomic E-state index is 8.60. The number of pyridine rings is 1. The molecule has 0 aromatic carbocycles. The first-order valence-electron chi connectivity index (χ1n) is 5.68. The molecule has 92 valence electrons. The minimum atomic E-state index is 0.0708. The minimum absolute atomic E-state index is 0.0708. The second-order valence-corrected chi connectivity index (χ2v) is 5.33. The maximum Gasteiger partial charge on any atom is 0.152 e. The summed E-state index contributed by atoms with van der Waals surface area (Å²) >= 11 is 6.04. The van der Waals surface area contributed by atoms with Crippen LogP contribution in [0.25, 0.3) is 0 Å².